The number of furan rings is 2. The molecule has 4 heterocycles. The van der Waals surface area contributed by atoms with Crippen molar-refractivity contribution in [2.75, 3.05) is 6.61 Å². The van der Waals surface area contributed by atoms with Gasteiger partial charge >= 0.3 is 0 Å². The second kappa shape index (κ2) is 6.70. The lowest BCUT2D eigenvalue weighted by atomic mass is 10.1. The van der Waals surface area contributed by atoms with Gasteiger partial charge < -0.3 is 13.6 Å². The van der Waals surface area contributed by atoms with Crippen molar-refractivity contribution in [3.8, 4) is 39.5 Å². The Bertz CT molecular complexity index is 1210. The number of nitrogens with zero attached hydrogens (tertiary/aromatic N) is 4. The number of rotatable bonds is 5. The van der Waals surface area contributed by atoms with E-state index in [1.54, 1.807) is 25.1 Å². The number of aromatic nitrogens is 4. The van der Waals surface area contributed by atoms with Gasteiger partial charge in [-0.1, -0.05) is 0 Å². The zero-order valence-corrected chi connectivity index (χ0v) is 15.1. The van der Waals surface area contributed by atoms with E-state index < -0.39 is 0 Å². The van der Waals surface area contributed by atoms with Crippen molar-refractivity contribution in [2.24, 2.45) is 0 Å². The third-order valence-corrected chi connectivity index (χ3v) is 4.44. The Hall–Kier alpha value is -3.87. The van der Waals surface area contributed by atoms with Crippen LogP contribution < -0.4 is 4.74 Å². The Labute approximate surface area is 160 Å². The van der Waals surface area contributed by atoms with Gasteiger partial charge in [0.15, 0.2) is 0 Å². The summed E-state index contributed by atoms with van der Waals surface area (Å²) in [7, 11) is 0. The van der Waals surface area contributed by atoms with E-state index >= 15 is 0 Å². The number of imidazole rings is 1. The molecule has 7 nitrogen and oxygen atoms in total. The van der Waals surface area contributed by atoms with Crippen molar-refractivity contribution in [1.82, 2.24) is 19.6 Å². The Morgan fingerprint density at radius 1 is 0.893 bits per heavy atom. The maximum Gasteiger partial charge on any atom is 0.254 e. The van der Waals surface area contributed by atoms with Crippen molar-refractivity contribution in [1.29, 1.82) is 0 Å². The minimum atomic E-state index is 0.507. The maximum absolute atomic E-state index is 5.51. The van der Waals surface area contributed by atoms with E-state index in [2.05, 4.69) is 15.2 Å². The first-order valence-corrected chi connectivity index (χ1v) is 8.87. The summed E-state index contributed by atoms with van der Waals surface area (Å²) in [5.41, 5.74) is 5.01. The van der Waals surface area contributed by atoms with Crippen LogP contribution in [0.1, 0.15) is 6.92 Å². The highest BCUT2D eigenvalue weighted by Crippen LogP contribution is 2.32. The van der Waals surface area contributed by atoms with Crippen LogP contribution in [0.25, 0.3) is 39.5 Å². The molecule has 4 aromatic heterocycles. The van der Waals surface area contributed by atoms with Crippen molar-refractivity contribution in [3.63, 3.8) is 0 Å². The smallest absolute Gasteiger partial charge is 0.254 e. The first kappa shape index (κ1) is 16.3. The van der Waals surface area contributed by atoms with Gasteiger partial charge in [-0.25, -0.2) is 4.98 Å². The molecule has 0 fully saturated rings. The van der Waals surface area contributed by atoms with Crippen LogP contribution in [0.15, 0.2) is 76.5 Å². The summed E-state index contributed by atoms with van der Waals surface area (Å²) < 4.78 is 18.0. The molecule has 0 saturated carbocycles. The van der Waals surface area contributed by atoms with Crippen LogP contribution >= 0.6 is 0 Å². The van der Waals surface area contributed by atoms with E-state index in [0.717, 1.165) is 33.8 Å². The zero-order chi connectivity index (χ0) is 18.9. The molecular weight excluding hydrogens is 356 g/mol. The van der Waals surface area contributed by atoms with Crippen LogP contribution in [0, 0.1) is 0 Å². The van der Waals surface area contributed by atoms with Crippen LogP contribution in [0.3, 0.4) is 0 Å². The predicted molar refractivity (Wildman–Crippen MR) is 103 cm³/mol. The van der Waals surface area contributed by atoms with Gasteiger partial charge in [0.2, 0.25) is 0 Å². The molecule has 0 N–H and O–H groups in total. The Morgan fingerprint density at radius 2 is 1.64 bits per heavy atom. The summed E-state index contributed by atoms with van der Waals surface area (Å²) in [5, 5.41) is 8.70. The standard InChI is InChI=1S/C21H16N4O3/c1-2-28-17-5-3-14(4-6-17)18-11-25-20(16-8-10-27-13-16)19(15-7-9-26-12-15)23-24-21(25)22-18/h3-13H,2H2,1H3. The number of hydrogen-bond acceptors (Lipinski definition) is 6. The molecule has 0 radical (unpaired) electrons. The molecular formula is C21H16N4O3. The van der Waals surface area contributed by atoms with Gasteiger partial charge in [-0.3, -0.25) is 4.40 Å². The van der Waals surface area contributed by atoms with Gasteiger partial charge in [-0.15, -0.1) is 10.2 Å². The molecule has 0 unspecified atom stereocenters. The van der Waals surface area contributed by atoms with E-state index in [1.807, 2.05) is 53.9 Å². The minimum Gasteiger partial charge on any atom is -0.494 e. The van der Waals surface area contributed by atoms with Crippen LogP contribution in [0.4, 0.5) is 0 Å². The fourth-order valence-corrected chi connectivity index (χ4v) is 3.16. The summed E-state index contributed by atoms with van der Waals surface area (Å²) in [5.74, 6) is 1.34. The highest BCUT2D eigenvalue weighted by molar-refractivity contribution is 5.79. The maximum atomic E-state index is 5.51. The van der Waals surface area contributed by atoms with Crippen molar-refractivity contribution in [3.05, 3.63) is 67.6 Å². The molecule has 0 aliphatic heterocycles. The van der Waals surface area contributed by atoms with Crippen LogP contribution in [0.2, 0.25) is 0 Å². The first-order chi connectivity index (χ1) is 13.8. The Kier molecular flexibility index (Phi) is 3.90. The quantitative estimate of drug-likeness (QED) is 0.445. The third-order valence-electron chi connectivity index (χ3n) is 4.44. The van der Waals surface area contributed by atoms with Crippen LogP contribution in [-0.4, -0.2) is 26.2 Å². The normalized spacial score (nSPS) is 11.2. The lowest BCUT2D eigenvalue weighted by molar-refractivity contribution is 0.340. The number of benzene rings is 1. The Morgan fingerprint density at radius 3 is 2.32 bits per heavy atom. The van der Waals surface area contributed by atoms with Gasteiger partial charge in [-0.2, -0.15) is 0 Å². The Balaban J connectivity index is 1.68. The summed E-state index contributed by atoms with van der Waals surface area (Å²) in [4.78, 5) is 4.65. The zero-order valence-electron chi connectivity index (χ0n) is 15.1. The molecule has 0 atom stereocenters. The average Bonchev–Trinajstić information content (AvgIpc) is 3.49. The van der Waals surface area contributed by atoms with E-state index in [0.29, 0.717) is 18.1 Å². The predicted octanol–water partition coefficient (Wildman–Crippen LogP) is 4.71. The highest BCUT2D eigenvalue weighted by atomic mass is 16.5. The molecule has 0 aliphatic carbocycles. The monoisotopic (exact) mass is 372 g/mol. The van der Waals surface area contributed by atoms with Crippen molar-refractivity contribution in [2.45, 2.75) is 6.92 Å². The molecule has 5 aromatic rings. The molecule has 138 valence electrons. The lowest BCUT2D eigenvalue weighted by Gasteiger charge is -2.06. The van der Waals surface area contributed by atoms with Crippen molar-refractivity contribution >= 4 is 5.78 Å². The van der Waals surface area contributed by atoms with Gasteiger partial charge in [-0.05, 0) is 43.3 Å². The van der Waals surface area contributed by atoms with Gasteiger partial charge in [0.1, 0.15) is 11.4 Å². The van der Waals surface area contributed by atoms with Crippen molar-refractivity contribution < 1.29 is 13.6 Å². The molecule has 0 amide bonds. The fraction of sp³-hybridized carbons (Fsp3) is 0.0952. The second-order valence-corrected chi connectivity index (χ2v) is 6.17. The van der Waals surface area contributed by atoms with E-state index in [9.17, 15) is 0 Å². The summed E-state index contributed by atoms with van der Waals surface area (Å²) in [6.45, 7) is 2.60. The SMILES string of the molecule is CCOc1ccc(-c2cn3c(-c4ccoc4)c(-c4ccoc4)nnc3n2)cc1. The van der Waals surface area contributed by atoms with E-state index in [4.69, 9.17) is 13.6 Å². The minimum absolute atomic E-state index is 0.507. The first-order valence-electron chi connectivity index (χ1n) is 8.87. The largest absolute Gasteiger partial charge is 0.494 e. The van der Waals surface area contributed by atoms with Gasteiger partial charge in [0, 0.05) is 22.9 Å². The third kappa shape index (κ3) is 2.73. The molecule has 0 bridgehead atoms. The highest BCUT2D eigenvalue weighted by Gasteiger charge is 2.18. The summed E-state index contributed by atoms with van der Waals surface area (Å²) in [6.07, 6.45) is 8.51. The molecule has 28 heavy (non-hydrogen) atoms. The molecule has 7 heteroatoms. The topological polar surface area (TPSA) is 78.6 Å². The average molecular weight is 372 g/mol. The fourth-order valence-electron chi connectivity index (χ4n) is 3.16. The van der Waals surface area contributed by atoms with Crippen LogP contribution in [0.5, 0.6) is 5.75 Å². The number of hydrogen-bond donors (Lipinski definition) is 0. The molecule has 5 rings (SSSR count). The second-order valence-electron chi connectivity index (χ2n) is 6.17. The molecule has 1 aromatic carbocycles. The molecule has 0 aliphatic rings. The number of fused-ring (bicyclic) bond motifs is 1. The summed E-state index contributed by atoms with van der Waals surface area (Å²) in [6, 6.07) is 11.6. The van der Waals surface area contributed by atoms with Gasteiger partial charge in [0.25, 0.3) is 5.78 Å². The lowest BCUT2D eigenvalue weighted by Crippen LogP contribution is -2.00. The molecule has 0 spiro atoms. The summed E-state index contributed by atoms with van der Waals surface area (Å²) >= 11 is 0. The number of ether oxygens (including phenoxy) is 1. The van der Waals surface area contributed by atoms with E-state index in [1.165, 1.54) is 0 Å². The molecule has 0 saturated heterocycles. The van der Waals surface area contributed by atoms with E-state index in [-0.39, 0.29) is 0 Å². The van der Waals surface area contributed by atoms with Gasteiger partial charge in [0.05, 0.1) is 43.0 Å². The van der Waals surface area contributed by atoms with Crippen LogP contribution in [-0.2, 0) is 0 Å².